The second-order valence-corrected chi connectivity index (χ2v) is 6.94. The van der Waals surface area contributed by atoms with Gasteiger partial charge in [0.2, 0.25) is 0 Å². The van der Waals surface area contributed by atoms with Gasteiger partial charge >= 0.3 is 0 Å². The minimum Gasteiger partial charge on any atom is -0.306 e. The monoisotopic (exact) mass is 351 g/mol. The number of carbonyl (C=O) groups is 1. The van der Waals surface area contributed by atoms with Crippen LogP contribution in [0.25, 0.3) is 0 Å². The molecule has 0 fully saturated rings. The molecule has 1 unspecified atom stereocenters. The van der Waals surface area contributed by atoms with Crippen molar-refractivity contribution in [2.75, 3.05) is 6.54 Å². The van der Waals surface area contributed by atoms with Crippen LogP contribution in [0.2, 0.25) is 0 Å². The topological polar surface area (TPSA) is 53.5 Å². The average molecular weight is 351 g/mol. The number of rotatable bonds is 7. The lowest BCUT2D eigenvalue weighted by Crippen LogP contribution is -2.37. The van der Waals surface area contributed by atoms with E-state index in [1.165, 1.54) is 27.8 Å². The quantitative estimate of drug-likeness (QED) is 0.592. The largest absolute Gasteiger partial charge is 0.306 e. The Balaban J connectivity index is 1.84. The highest BCUT2D eigenvalue weighted by Crippen LogP contribution is 2.19. The molecule has 0 saturated heterocycles. The Hall–Kier alpha value is -2.46. The summed E-state index contributed by atoms with van der Waals surface area (Å²) in [4.78, 5) is 12.0. The molecule has 138 valence electrons. The van der Waals surface area contributed by atoms with E-state index >= 15 is 0 Å². The van der Waals surface area contributed by atoms with Gasteiger partial charge in [-0.2, -0.15) is 5.10 Å². The summed E-state index contributed by atoms with van der Waals surface area (Å²) >= 11 is 0. The summed E-state index contributed by atoms with van der Waals surface area (Å²) in [6, 6.07) is 12.6. The first-order valence-electron chi connectivity index (χ1n) is 9.05. The molecule has 0 aromatic heterocycles. The molecule has 0 heterocycles. The van der Waals surface area contributed by atoms with Crippen molar-refractivity contribution in [2.24, 2.45) is 5.10 Å². The number of hydrazone groups is 1. The Morgan fingerprint density at radius 3 is 2.31 bits per heavy atom. The highest BCUT2D eigenvalue weighted by molar-refractivity contribution is 5.86. The Morgan fingerprint density at radius 1 is 1.08 bits per heavy atom. The van der Waals surface area contributed by atoms with Crippen molar-refractivity contribution in [2.45, 2.75) is 47.1 Å². The van der Waals surface area contributed by atoms with Crippen molar-refractivity contribution in [1.82, 2.24) is 10.7 Å². The van der Waals surface area contributed by atoms with Crippen molar-refractivity contribution in [1.29, 1.82) is 0 Å². The maximum absolute atomic E-state index is 12.0. The fourth-order valence-corrected chi connectivity index (χ4v) is 2.96. The third kappa shape index (κ3) is 5.53. The van der Waals surface area contributed by atoms with Gasteiger partial charge in [-0.15, -0.1) is 0 Å². The number of hydrogen-bond acceptors (Lipinski definition) is 3. The zero-order chi connectivity index (χ0) is 19.1. The maximum atomic E-state index is 12.0. The Morgan fingerprint density at radius 2 is 1.69 bits per heavy atom. The smallest absolute Gasteiger partial charge is 0.254 e. The molecule has 2 aromatic carbocycles. The van der Waals surface area contributed by atoms with Crippen molar-refractivity contribution < 1.29 is 4.79 Å². The van der Waals surface area contributed by atoms with E-state index in [0.29, 0.717) is 0 Å². The van der Waals surface area contributed by atoms with Crippen LogP contribution < -0.4 is 10.7 Å². The van der Waals surface area contributed by atoms with Gasteiger partial charge in [0.1, 0.15) is 0 Å². The van der Waals surface area contributed by atoms with Crippen molar-refractivity contribution in [3.05, 3.63) is 69.8 Å². The third-order valence-electron chi connectivity index (χ3n) is 4.80. The number of amides is 1. The highest BCUT2D eigenvalue weighted by atomic mass is 16.2. The SMILES string of the molecule is Cc1cc(C)c(C)c(/C=N/NC(=O)CNC(C)Cc2ccccc2)c1C. The lowest BCUT2D eigenvalue weighted by Gasteiger charge is -2.13. The summed E-state index contributed by atoms with van der Waals surface area (Å²) in [5, 5.41) is 7.38. The predicted octanol–water partition coefficient (Wildman–Crippen LogP) is 3.59. The fourth-order valence-electron chi connectivity index (χ4n) is 2.96. The molecular weight excluding hydrogens is 322 g/mol. The molecule has 1 atom stereocenters. The number of nitrogens with zero attached hydrogens (tertiary/aromatic N) is 1. The van der Waals surface area contributed by atoms with Crippen molar-refractivity contribution in [3.8, 4) is 0 Å². The van der Waals surface area contributed by atoms with Gasteiger partial charge in [-0.25, -0.2) is 5.43 Å². The minimum absolute atomic E-state index is 0.138. The first kappa shape index (κ1) is 19.9. The standard InChI is InChI=1S/C22H29N3O/c1-15-11-16(2)19(5)21(18(15)4)13-24-25-22(26)14-23-17(3)12-20-9-7-6-8-10-20/h6-11,13,17,23H,12,14H2,1-5H3,(H,25,26)/b24-13+. The summed E-state index contributed by atoms with van der Waals surface area (Å²) < 4.78 is 0. The van der Waals surface area contributed by atoms with E-state index in [0.717, 1.165) is 12.0 Å². The van der Waals surface area contributed by atoms with Gasteiger partial charge in [0.05, 0.1) is 12.8 Å². The van der Waals surface area contributed by atoms with Crippen LogP contribution in [-0.2, 0) is 11.2 Å². The molecule has 0 spiro atoms. The minimum atomic E-state index is -0.138. The molecular formula is C22H29N3O. The number of carbonyl (C=O) groups excluding carboxylic acids is 1. The molecule has 2 aromatic rings. The molecule has 26 heavy (non-hydrogen) atoms. The molecule has 0 aliphatic heterocycles. The Kier molecular flexibility index (Phi) is 7.10. The second-order valence-electron chi connectivity index (χ2n) is 6.94. The maximum Gasteiger partial charge on any atom is 0.254 e. The van der Waals surface area contributed by atoms with E-state index in [1.807, 2.05) is 18.2 Å². The van der Waals surface area contributed by atoms with E-state index in [2.05, 4.69) is 68.7 Å². The van der Waals surface area contributed by atoms with Gasteiger partial charge in [-0.1, -0.05) is 36.4 Å². The van der Waals surface area contributed by atoms with Crippen LogP contribution >= 0.6 is 0 Å². The van der Waals surface area contributed by atoms with Gasteiger partial charge in [0.15, 0.2) is 0 Å². The van der Waals surface area contributed by atoms with E-state index in [-0.39, 0.29) is 18.5 Å². The molecule has 0 bridgehead atoms. The molecule has 0 radical (unpaired) electrons. The van der Waals surface area contributed by atoms with Gasteiger partial charge < -0.3 is 5.32 Å². The number of benzene rings is 2. The Labute approximate surface area is 156 Å². The van der Waals surface area contributed by atoms with Crippen LogP contribution in [0.4, 0.5) is 0 Å². The average Bonchev–Trinajstić information content (AvgIpc) is 2.62. The van der Waals surface area contributed by atoms with Crippen molar-refractivity contribution >= 4 is 12.1 Å². The third-order valence-corrected chi connectivity index (χ3v) is 4.80. The van der Waals surface area contributed by atoms with E-state index in [1.54, 1.807) is 6.21 Å². The highest BCUT2D eigenvalue weighted by Gasteiger charge is 2.08. The van der Waals surface area contributed by atoms with Gasteiger partial charge in [-0.3, -0.25) is 4.79 Å². The summed E-state index contributed by atoms with van der Waals surface area (Å²) in [6.45, 7) is 10.7. The molecule has 4 nitrogen and oxygen atoms in total. The summed E-state index contributed by atoms with van der Waals surface area (Å²) in [6.07, 6.45) is 2.63. The molecule has 4 heteroatoms. The molecule has 2 N–H and O–H groups in total. The van der Waals surface area contributed by atoms with E-state index < -0.39 is 0 Å². The molecule has 1 amide bonds. The second kappa shape index (κ2) is 9.30. The lowest BCUT2D eigenvalue weighted by atomic mass is 9.95. The molecule has 0 aliphatic carbocycles. The zero-order valence-electron chi connectivity index (χ0n) is 16.4. The van der Waals surface area contributed by atoms with Crippen LogP contribution in [0.1, 0.15) is 40.3 Å². The van der Waals surface area contributed by atoms with Crippen molar-refractivity contribution in [3.63, 3.8) is 0 Å². The first-order valence-corrected chi connectivity index (χ1v) is 9.05. The summed E-state index contributed by atoms with van der Waals surface area (Å²) in [7, 11) is 0. The van der Waals surface area contributed by atoms with E-state index in [9.17, 15) is 4.79 Å². The first-order chi connectivity index (χ1) is 12.4. The number of nitrogens with one attached hydrogen (secondary N) is 2. The predicted molar refractivity (Wildman–Crippen MR) is 109 cm³/mol. The van der Waals surface area contributed by atoms with Crippen LogP contribution in [-0.4, -0.2) is 24.7 Å². The number of aryl methyl sites for hydroxylation is 2. The van der Waals surface area contributed by atoms with Crippen LogP contribution in [0.5, 0.6) is 0 Å². The van der Waals surface area contributed by atoms with Gasteiger partial charge in [0, 0.05) is 11.6 Å². The molecule has 0 aliphatic rings. The van der Waals surface area contributed by atoms with Gasteiger partial charge in [0.25, 0.3) is 5.91 Å². The van der Waals surface area contributed by atoms with Gasteiger partial charge in [-0.05, 0) is 68.9 Å². The molecule has 2 rings (SSSR count). The Bertz CT molecular complexity index is 755. The van der Waals surface area contributed by atoms with Crippen LogP contribution in [0.15, 0.2) is 41.5 Å². The lowest BCUT2D eigenvalue weighted by molar-refractivity contribution is -0.120. The fraction of sp³-hybridized carbons (Fsp3) is 0.364. The van der Waals surface area contributed by atoms with E-state index in [4.69, 9.17) is 0 Å². The van der Waals surface area contributed by atoms with Crippen LogP contribution in [0.3, 0.4) is 0 Å². The van der Waals surface area contributed by atoms with Crippen LogP contribution in [0, 0.1) is 27.7 Å². The number of hydrogen-bond donors (Lipinski definition) is 2. The normalized spacial score (nSPS) is 12.3. The summed E-state index contributed by atoms with van der Waals surface area (Å²) in [5.74, 6) is -0.138. The molecule has 0 saturated carbocycles. The zero-order valence-corrected chi connectivity index (χ0v) is 16.4. The summed E-state index contributed by atoms with van der Waals surface area (Å²) in [5.41, 5.74) is 9.80.